The molecule has 0 saturated heterocycles. The minimum Gasteiger partial charge on any atom is -0.476 e. The molecule has 2 N–H and O–H groups in total. The first-order valence-electron chi connectivity index (χ1n) is 5.30. The number of hydrogen-bond acceptors (Lipinski definition) is 7. The van der Waals surface area contributed by atoms with E-state index in [9.17, 15) is 4.79 Å². The number of carboxylic acid groups (broad SMARTS) is 1. The van der Waals surface area contributed by atoms with Crippen LogP contribution in [0.4, 0.5) is 5.13 Å². The highest BCUT2D eigenvalue weighted by molar-refractivity contribution is 7.15. The van der Waals surface area contributed by atoms with E-state index in [2.05, 4.69) is 20.4 Å². The summed E-state index contributed by atoms with van der Waals surface area (Å²) < 4.78 is 4.96. The average molecular weight is 268 g/mol. The van der Waals surface area contributed by atoms with Gasteiger partial charge in [-0.15, -0.1) is 11.3 Å². The minimum atomic E-state index is -1.01. The van der Waals surface area contributed by atoms with Gasteiger partial charge in [-0.25, -0.2) is 9.78 Å². The van der Waals surface area contributed by atoms with Crippen molar-refractivity contribution in [1.82, 2.24) is 15.1 Å². The van der Waals surface area contributed by atoms with Crippen molar-refractivity contribution in [2.24, 2.45) is 0 Å². The van der Waals surface area contributed by atoms with Crippen LogP contribution in [0.15, 0.2) is 4.52 Å². The molecule has 0 aliphatic heterocycles. The Morgan fingerprint density at radius 1 is 1.44 bits per heavy atom. The molecule has 0 spiro atoms. The monoisotopic (exact) mass is 268 g/mol. The number of aromatic nitrogens is 3. The largest absolute Gasteiger partial charge is 0.476 e. The summed E-state index contributed by atoms with van der Waals surface area (Å²) in [6.45, 7) is 4.05. The Morgan fingerprint density at radius 2 is 2.22 bits per heavy atom. The van der Waals surface area contributed by atoms with E-state index >= 15 is 0 Å². The number of aryl methyl sites for hydroxylation is 2. The van der Waals surface area contributed by atoms with Crippen LogP contribution in [0.5, 0.6) is 0 Å². The molecule has 8 heteroatoms. The van der Waals surface area contributed by atoms with Gasteiger partial charge in [0.25, 0.3) is 0 Å². The van der Waals surface area contributed by atoms with E-state index in [1.165, 1.54) is 11.3 Å². The standard InChI is InChI=1S/C10H12N4O3S/c1-5-8(9(15)16)13-10(18-5)11-4-3-7-12-6(2)14-17-7/h3-4H2,1-2H3,(H,11,13)(H,15,16). The third-order valence-corrected chi connectivity index (χ3v) is 3.11. The zero-order valence-corrected chi connectivity index (χ0v) is 10.7. The van der Waals surface area contributed by atoms with Gasteiger partial charge >= 0.3 is 5.97 Å². The van der Waals surface area contributed by atoms with Gasteiger partial charge in [0, 0.05) is 17.8 Å². The summed E-state index contributed by atoms with van der Waals surface area (Å²) in [4.78, 5) is 19.5. The summed E-state index contributed by atoms with van der Waals surface area (Å²) in [5.41, 5.74) is 0.0936. The summed E-state index contributed by atoms with van der Waals surface area (Å²) >= 11 is 1.31. The molecular formula is C10H12N4O3S. The number of carbonyl (C=O) groups is 1. The zero-order chi connectivity index (χ0) is 13.1. The van der Waals surface area contributed by atoms with Gasteiger partial charge in [0.15, 0.2) is 16.6 Å². The van der Waals surface area contributed by atoms with E-state index in [-0.39, 0.29) is 5.69 Å². The first kappa shape index (κ1) is 12.5. The molecule has 2 rings (SSSR count). The molecule has 0 unspecified atom stereocenters. The lowest BCUT2D eigenvalue weighted by atomic mass is 10.4. The Kier molecular flexibility index (Phi) is 3.56. The lowest BCUT2D eigenvalue weighted by Gasteiger charge is -1.98. The number of nitrogens with one attached hydrogen (secondary N) is 1. The van der Waals surface area contributed by atoms with E-state index in [1.807, 2.05) is 0 Å². The van der Waals surface area contributed by atoms with Gasteiger partial charge in [-0.2, -0.15) is 4.98 Å². The third-order valence-electron chi connectivity index (χ3n) is 2.18. The maximum atomic E-state index is 10.8. The molecule has 7 nitrogen and oxygen atoms in total. The van der Waals surface area contributed by atoms with E-state index < -0.39 is 5.97 Å². The van der Waals surface area contributed by atoms with E-state index in [0.717, 1.165) is 0 Å². The predicted molar refractivity (Wildman–Crippen MR) is 65.0 cm³/mol. The fourth-order valence-electron chi connectivity index (χ4n) is 1.39. The molecule has 0 radical (unpaired) electrons. The Labute approximate surface area is 107 Å². The van der Waals surface area contributed by atoms with Crippen molar-refractivity contribution in [3.8, 4) is 0 Å². The number of thiazole rings is 1. The lowest BCUT2D eigenvalue weighted by molar-refractivity contribution is 0.0690. The highest BCUT2D eigenvalue weighted by atomic mass is 32.1. The first-order chi connectivity index (χ1) is 8.56. The Balaban J connectivity index is 1.90. The summed E-state index contributed by atoms with van der Waals surface area (Å²) in [6, 6.07) is 0. The fourth-order valence-corrected chi connectivity index (χ4v) is 2.22. The van der Waals surface area contributed by atoms with Crippen molar-refractivity contribution < 1.29 is 14.4 Å². The second-order valence-electron chi connectivity index (χ2n) is 3.64. The predicted octanol–water partition coefficient (Wildman–Crippen LogP) is 1.50. The molecule has 0 aliphatic carbocycles. The van der Waals surface area contributed by atoms with Gasteiger partial charge in [-0.3, -0.25) is 0 Å². The second-order valence-corrected chi connectivity index (χ2v) is 4.84. The molecule has 0 bridgehead atoms. The Morgan fingerprint density at radius 3 is 2.78 bits per heavy atom. The quantitative estimate of drug-likeness (QED) is 0.847. The van der Waals surface area contributed by atoms with Gasteiger partial charge in [-0.05, 0) is 13.8 Å². The molecule has 0 amide bonds. The summed E-state index contributed by atoms with van der Waals surface area (Å²) in [5.74, 6) is 0.138. The van der Waals surface area contributed by atoms with Crippen molar-refractivity contribution in [1.29, 1.82) is 0 Å². The van der Waals surface area contributed by atoms with Crippen molar-refractivity contribution in [2.75, 3.05) is 11.9 Å². The van der Waals surface area contributed by atoms with Gasteiger partial charge < -0.3 is 14.9 Å². The van der Waals surface area contributed by atoms with Crippen LogP contribution in [0.25, 0.3) is 0 Å². The van der Waals surface area contributed by atoms with E-state index in [1.54, 1.807) is 13.8 Å². The van der Waals surface area contributed by atoms with Gasteiger partial charge in [0.1, 0.15) is 0 Å². The normalized spacial score (nSPS) is 10.6. The first-order valence-corrected chi connectivity index (χ1v) is 6.11. The SMILES string of the molecule is Cc1noc(CCNc2nc(C(=O)O)c(C)s2)n1. The van der Waals surface area contributed by atoms with Crippen LogP contribution in [0.1, 0.15) is 27.1 Å². The summed E-state index contributed by atoms with van der Waals surface area (Å²) in [5, 5.41) is 16.2. The van der Waals surface area contributed by atoms with Gasteiger partial charge in [-0.1, -0.05) is 5.16 Å². The average Bonchev–Trinajstić information content (AvgIpc) is 2.85. The molecule has 96 valence electrons. The van der Waals surface area contributed by atoms with Crippen LogP contribution in [-0.2, 0) is 6.42 Å². The van der Waals surface area contributed by atoms with Crippen LogP contribution >= 0.6 is 11.3 Å². The molecule has 2 aromatic heterocycles. The van der Waals surface area contributed by atoms with Crippen LogP contribution in [-0.4, -0.2) is 32.7 Å². The number of aromatic carboxylic acids is 1. The van der Waals surface area contributed by atoms with E-state index in [4.69, 9.17) is 9.63 Å². The molecular weight excluding hydrogens is 256 g/mol. The van der Waals surface area contributed by atoms with Crippen molar-refractivity contribution in [3.63, 3.8) is 0 Å². The zero-order valence-electron chi connectivity index (χ0n) is 9.93. The summed E-state index contributed by atoms with van der Waals surface area (Å²) in [7, 11) is 0. The minimum absolute atomic E-state index is 0.0936. The molecule has 2 aromatic rings. The van der Waals surface area contributed by atoms with Crippen molar-refractivity contribution >= 4 is 22.4 Å². The number of carboxylic acids is 1. The van der Waals surface area contributed by atoms with Crippen LogP contribution in [0.3, 0.4) is 0 Å². The smallest absolute Gasteiger partial charge is 0.355 e. The second kappa shape index (κ2) is 5.13. The number of rotatable bonds is 5. The van der Waals surface area contributed by atoms with E-state index in [0.29, 0.717) is 34.7 Å². The Hall–Kier alpha value is -1.96. The van der Waals surface area contributed by atoms with Gasteiger partial charge in [0.2, 0.25) is 5.89 Å². The molecule has 0 atom stereocenters. The number of hydrogen-bond donors (Lipinski definition) is 2. The maximum Gasteiger partial charge on any atom is 0.355 e. The lowest BCUT2D eigenvalue weighted by Crippen LogP contribution is -2.05. The topological polar surface area (TPSA) is 101 Å². The molecule has 0 aromatic carbocycles. The third kappa shape index (κ3) is 2.83. The van der Waals surface area contributed by atoms with Gasteiger partial charge in [0.05, 0.1) is 0 Å². The molecule has 0 fully saturated rings. The maximum absolute atomic E-state index is 10.8. The van der Waals surface area contributed by atoms with Crippen molar-refractivity contribution in [2.45, 2.75) is 20.3 Å². The number of anilines is 1. The Bertz CT molecular complexity index is 563. The number of nitrogens with zero attached hydrogens (tertiary/aromatic N) is 3. The summed E-state index contributed by atoms with van der Waals surface area (Å²) in [6.07, 6.45) is 0.571. The van der Waals surface area contributed by atoms with Crippen LogP contribution < -0.4 is 5.32 Å². The highest BCUT2D eigenvalue weighted by Gasteiger charge is 2.13. The van der Waals surface area contributed by atoms with Crippen LogP contribution in [0, 0.1) is 13.8 Å². The highest BCUT2D eigenvalue weighted by Crippen LogP contribution is 2.21. The van der Waals surface area contributed by atoms with Crippen LogP contribution in [0.2, 0.25) is 0 Å². The van der Waals surface area contributed by atoms with Crippen molar-refractivity contribution in [3.05, 3.63) is 22.3 Å². The molecule has 0 aliphatic rings. The molecule has 2 heterocycles. The molecule has 18 heavy (non-hydrogen) atoms. The molecule has 0 saturated carbocycles. The fraction of sp³-hybridized carbons (Fsp3) is 0.400.